The molecule has 0 radical (unpaired) electrons. The topological polar surface area (TPSA) is 52.2 Å². The van der Waals surface area contributed by atoms with E-state index in [1.807, 2.05) is 53.2 Å². The maximum Gasteiger partial charge on any atom is 0.261 e. The van der Waals surface area contributed by atoms with Crippen molar-refractivity contribution < 1.29 is 0 Å². The summed E-state index contributed by atoms with van der Waals surface area (Å²) in [6, 6.07) is 13.2. The summed E-state index contributed by atoms with van der Waals surface area (Å²) in [5.74, 6) is 0. The first-order valence-electron chi connectivity index (χ1n) is 6.68. The van der Waals surface area contributed by atoms with Gasteiger partial charge < -0.3 is 4.40 Å². The molecular formula is C16H12N4O. The van der Waals surface area contributed by atoms with Crippen LogP contribution in [0.1, 0.15) is 5.69 Å². The van der Waals surface area contributed by atoms with Gasteiger partial charge in [0.25, 0.3) is 5.56 Å². The van der Waals surface area contributed by atoms with Gasteiger partial charge in [-0.3, -0.25) is 9.36 Å². The van der Waals surface area contributed by atoms with E-state index in [4.69, 9.17) is 0 Å². The summed E-state index contributed by atoms with van der Waals surface area (Å²) in [6.07, 6.45) is 5.44. The van der Waals surface area contributed by atoms with Gasteiger partial charge in [-0.1, -0.05) is 18.2 Å². The molecule has 0 saturated heterocycles. The van der Waals surface area contributed by atoms with Crippen molar-refractivity contribution >= 4 is 16.6 Å². The van der Waals surface area contributed by atoms with Crippen molar-refractivity contribution in [2.45, 2.75) is 6.54 Å². The van der Waals surface area contributed by atoms with Gasteiger partial charge in [-0.05, 0) is 24.3 Å². The Bertz CT molecular complexity index is 967. The zero-order valence-corrected chi connectivity index (χ0v) is 11.2. The molecule has 21 heavy (non-hydrogen) atoms. The largest absolute Gasteiger partial charge is 0.307 e. The van der Waals surface area contributed by atoms with E-state index >= 15 is 0 Å². The lowest BCUT2D eigenvalue weighted by atomic mass is 10.2. The van der Waals surface area contributed by atoms with Gasteiger partial charge in [0.05, 0.1) is 29.5 Å². The highest BCUT2D eigenvalue weighted by Gasteiger charge is 2.06. The molecule has 0 aliphatic carbocycles. The van der Waals surface area contributed by atoms with Gasteiger partial charge in [0.2, 0.25) is 0 Å². The molecule has 0 saturated carbocycles. The van der Waals surface area contributed by atoms with Gasteiger partial charge in [0.15, 0.2) is 0 Å². The van der Waals surface area contributed by atoms with Gasteiger partial charge >= 0.3 is 0 Å². The number of benzene rings is 1. The Hall–Kier alpha value is -2.95. The minimum absolute atomic E-state index is 0.0438. The van der Waals surface area contributed by atoms with Crippen LogP contribution in [0.4, 0.5) is 0 Å². The quantitative estimate of drug-likeness (QED) is 0.563. The lowest BCUT2D eigenvalue weighted by Gasteiger charge is -2.04. The van der Waals surface area contributed by atoms with Crippen molar-refractivity contribution in [1.29, 1.82) is 0 Å². The molecule has 5 nitrogen and oxygen atoms in total. The lowest BCUT2D eigenvalue weighted by molar-refractivity contribution is 0.734. The Morgan fingerprint density at radius 2 is 1.90 bits per heavy atom. The van der Waals surface area contributed by atoms with Gasteiger partial charge in [-0.25, -0.2) is 9.97 Å². The average molecular weight is 276 g/mol. The van der Waals surface area contributed by atoms with Crippen LogP contribution in [0, 0.1) is 0 Å². The molecule has 0 amide bonds. The van der Waals surface area contributed by atoms with E-state index in [9.17, 15) is 4.79 Å². The average Bonchev–Trinajstić information content (AvgIpc) is 2.93. The monoisotopic (exact) mass is 276 g/mol. The molecule has 3 heterocycles. The fourth-order valence-corrected chi connectivity index (χ4v) is 2.46. The molecule has 5 heteroatoms. The summed E-state index contributed by atoms with van der Waals surface area (Å²) in [5.41, 5.74) is 2.38. The molecule has 0 unspecified atom stereocenters. The zero-order valence-electron chi connectivity index (χ0n) is 11.2. The molecule has 0 bridgehead atoms. The van der Waals surface area contributed by atoms with E-state index in [-0.39, 0.29) is 5.56 Å². The predicted molar refractivity (Wildman–Crippen MR) is 80.3 cm³/mol. The molecule has 1 aromatic carbocycles. The van der Waals surface area contributed by atoms with Crippen molar-refractivity contribution in [2.75, 3.05) is 0 Å². The predicted octanol–water partition coefficient (Wildman–Crippen LogP) is 2.09. The van der Waals surface area contributed by atoms with Crippen LogP contribution in [0.15, 0.2) is 66.0 Å². The molecule has 4 rings (SSSR count). The van der Waals surface area contributed by atoms with Crippen LogP contribution in [0.3, 0.4) is 0 Å². The normalized spacial score (nSPS) is 11.2. The minimum Gasteiger partial charge on any atom is -0.307 e. The van der Waals surface area contributed by atoms with E-state index in [0.717, 1.165) is 11.3 Å². The first-order chi connectivity index (χ1) is 10.3. The second-order valence-corrected chi connectivity index (χ2v) is 4.89. The highest BCUT2D eigenvalue weighted by molar-refractivity contribution is 5.76. The number of fused-ring (bicyclic) bond motifs is 2. The summed E-state index contributed by atoms with van der Waals surface area (Å²) in [5, 5.41) is 0.628. The van der Waals surface area contributed by atoms with Crippen LogP contribution < -0.4 is 5.56 Å². The molecule has 4 aromatic rings. The molecule has 0 spiro atoms. The summed E-state index contributed by atoms with van der Waals surface area (Å²) < 4.78 is 3.53. The number of aromatic nitrogens is 4. The smallest absolute Gasteiger partial charge is 0.261 e. The number of imidazole rings is 1. The van der Waals surface area contributed by atoms with Crippen LogP contribution in [0.5, 0.6) is 0 Å². The Balaban J connectivity index is 1.80. The van der Waals surface area contributed by atoms with Crippen LogP contribution in [-0.2, 0) is 6.54 Å². The van der Waals surface area contributed by atoms with Crippen molar-refractivity contribution in [2.24, 2.45) is 0 Å². The molecule has 0 fully saturated rings. The van der Waals surface area contributed by atoms with Gasteiger partial charge in [-0.15, -0.1) is 0 Å². The van der Waals surface area contributed by atoms with E-state index in [1.54, 1.807) is 17.0 Å². The van der Waals surface area contributed by atoms with Crippen LogP contribution in [0.25, 0.3) is 16.6 Å². The van der Waals surface area contributed by atoms with E-state index < -0.39 is 0 Å². The molecule has 0 aliphatic rings. The maximum atomic E-state index is 12.4. The zero-order chi connectivity index (χ0) is 14.2. The molecule has 102 valence electrons. The third-order valence-electron chi connectivity index (χ3n) is 3.48. The number of pyridine rings is 1. The Kier molecular flexibility index (Phi) is 2.57. The van der Waals surface area contributed by atoms with Crippen molar-refractivity contribution in [3.05, 3.63) is 77.2 Å². The molecule has 0 aliphatic heterocycles. The van der Waals surface area contributed by atoms with Crippen molar-refractivity contribution in [1.82, 2.24) is 18.9 Å². The first-order valence-corrected chi connectivity index (χ1v) is 6.68. The summed E-state index contributed by atoms with van der Waals surface area (Å²) >= 11 is 0. The number of para-hydroxylation sites is 1. The Morgan fingerprint density at radius 3 is 2.81 bits per heavy atom. The van der Waals surface area contributed by atoms with Crippen LogP contribution >= 0.6 is 0 Å². The maximum absolute atomic E-state index is 12.4. The Labute approximate surface area is 120 Å². The van der Waals surface area contributed by atoms with E-state index in [2.05, 4.69) is 9.97 Å². The molecule has 0 atom stereocenters. The highest BCUT2D eigenvalue weighted by atomic mass is 16.1. The second kappa shape index (κ2) is 4.56. The molecule has 0 N–H and O–H groups in total. The van der Waals surface area contributed by atoms with Crippen LogP contribution in [-0.4, -0.2) is 18.9 Å². The van der Waals surface area contributed by atoms with Gasteiger partial charge in [0, 0.05) is 12.4 Å². The number of hydrogen-bond donors (Lipinski definition) is 0. The molecule has 3 aromatic heterocycles. The Morgan fingerprint density at radius 1 is 1.05 bits per heavy atom. The van der Waals surface area contributed by atoms with Gasteiger partial charge in [-0.2, -0.15) is 0 Å². The van der Waals surface area contributed by atoms with Crippen molar-refractivity contribution in [3.8, 4) is 0 Å². The summed E-state index contributed by atoms with van der Waals surface area (Å²) in [7, 11) is 0. The first kappa shape index (κ1) is 11.8. The SMILES string of the molecule is O=c1c2ccccc2ncn1Cc1cn2ccccc2n1. The van der Waals surface area contributed by atoms with E-state index in [1.165, 1.54) is 0 Å². The number of rotatable bonds is 2. The van der Waals surface area contributed by atoms with Gasteiger partial charge in [0.1, 0.15) is 5.65 Å². The third-order valence-corrected chi connectivity index (χ3v) is 3.48. The van der Waals surface area contributed by atoms with Crippen molar-refractivity contribution in [3.63, 3.8) is 0 Å². The number of hydrogen-bond acceptors (Lipinski definition) is 3. The minimum atomic E-state index is -0.0438. The third kappa shape index (κ3) is 1.99. The number of nitrogens with zero attached hydrogens (tertiary/aromatic N) is 4. The fourth-order valence-electron chi connectivity index (χ4n) is 2.46. The summed E-state index contributed by atoms with van der Waals surface area (Å²) in [4.78, 5) is 21.3. The molecular weight excluding hydrogens is 264 g/mol. The fraction of sp³-hybridized carbons (Fsp3) is 0.0625. The van der Waals surface area contributed by atoms with Crippen LogP contribution in [0.2, 0.25) is 0 Å². The standard InChI is InChI=1S/C16H12N4O/c21-16-13-5-1-2-6-14(13)17-11-20(16)10-12-9-19-8-4-3-7-15(19)18-12/h1-9,11H,10H2. The lowest BCUT2D eigenvalue weighted by Crippen LogP contribution is -2.21. The highest BCUT2D eigenvalue weighted by Crippen LogP contribution is 2.08. The van der Waals surface area contributed by atoms with E-state index in [0.29, 0.717) is 17.4 Å². The second-order valence-electron chi connectivity index (χ2n) is 4.89. The summed E-state index contributed by atoms with van der Waals surface area (Å²) in [6.45, 7) is 0.415.